The van der Waals surface area contributed by atoms with Gasteiger partial charge in [-0.2, -0.15) is 0 Å². The molecule has 0 saturated carbocycles. The Balaban J connectivity index is 1.92. The minimum atomic E-state index is -3.25. The number of nitrogens with zero attached hydrogens (tertiary/aromatic N) is 1. The second-order valence-electron chi connectivity index (χ2n) is 5.92. The van der Waals surface area contributed by atoms with Crippen molar-refractivity contribution in [3.8, 4) is 0 Å². The van der Waals surface area contributed by atoms with Crippen LogP contribution in [-0.4, -0.2) is 44.2 Å². The van der Waals surface area contributed by atoms with Crippen molar-refractivity contribution in [2.75, 3.05) is 31.3 Å². The van der Waals surface area contributed by atoms with Crippen molar-refractivity contribution in [1.82, 2.24) is 4.98 Å². The molecule has 0 unspecified atom stereocenters. The van der Waals surface area contributed by atoms with Crippen molar-refractivity contribution >= 4 is 26.4 Å². The quantitative estimate of drug-likeness (QED) is 0.927. The van der Waals surface area contributed by atoms with Gasteiger partial charge in [0.25, 0.3) is 0 Å². The number of halogens is 1. The summed E-state index contributed by atoms with van der Waals surface area (Å²) in [6, 6.07) is 6.48. The smallest absolute Gasteiger partial charge is 0.155 e. The monoisotopic (exact) mass is 338 g/mol. The molecule has 2 heterocycles. The number of fused-ring (bicyclic) bond motifs is 1. The number of nitrogens with one attached hydrogen (secondary N) is 1. The average molecular weight is 338 g/mol. The molecule has 0 bridgehead atoms. The fourth-order valence-corrected chi connectivity index (χ4v) is 4.22. The van der Waals surface area contributed by atoms with Crippen LogP contribution in [0.15, 0.2) is 30.5 Å². The lowest BCUT2D eigenvalue weighted by Gasteiger charge is -2.35. The van der Waals surface area contributed by atoms with Crippen LogP contribution in [0.2, 0.25) is 0 Å². The van der Waals surface area contributed by atoms with E-state index >= 15 is 0 Å². The molecule has 0 amide bonds. The first-order chi connectivity index (χ1) is 10.9. The van der Waals surface area contributed by atoms with Crippen LogP contribution in [0.5, 0.6) is 0 Å². The summed E-state index contributed by atoms with van der Waals surface area (Å²) < 4.78 is 42.8. The molecule has 0 atom stereocenters. The predicted octanol–water partition coefficient (Wildman–Crippen LogP) is 2.38. The summed E-state index contributed by atoms with van der Waals surface area (Å²) in [7, 11) is -3.25. The van der Waals surface area contributed by atoms with Crippen LogP contribution in [0.3, 0.4) is 0 Å². The van der Waals surface area contributed by atoms with Crippen LogP contribution in [0, 0.1) is 5.82 Å². The second-order valence-corrected chi connectivity index (χ2v) is 8.33. The van der Waals surface area contributed by atoms with E-state index in [9.17, 15) is 12.8 Å². The number of hydrogen-bond acceptors (Lipinski definition) is 5. The normalized spacial score (nSPS) is 18.0. The zero-order chi connectivity index (χ0) is 16.5. The summed E-state index contributed by atoms with van der Waals surface area (Å²) in [6.45, 7) is 1.13. The Hall–Kier alpha value is -1.73. The molecule has 1 fully saturated rings. The number of sulfone groups is 1. The molecule has 3 rings (SSSR count). The Kier molecular flexibility index (Phi) is 4.25. The van der Waals surface area contributed by atoms with Crippen LogP contribution in [0.25, 0.3) is 10.9 Å². The summed E-state index contributed by atoms with van der Waals surface area (Å²) in [4.78, 5) is 4.05. The van der Waals surface area contributed by atoms with Crippen molar-refractivity contribution in [2.24, 2.45) is 0 Å². The van der Waals surface area contributed by atoms with Crippen molar-refractivity contribution in [1.29, 1.82) is 0 Å². The molecule has 0 spiro atoms. The lowest BCUT2D eigenvalue weighted by Crippen LogP contribution is -2.48. The van der Waals surface area contributed by atoms with Crippen LogP contribution < -0.4 is 5.32 Å². The van der Waals surface area contributed by atoms with Gasteiger partial charge in [-0.05, 0) is 25.0 Å². The molecule has 1 aliphatic rings. The third kappa shape index (κ3) is 3.03. The maximum absolute atomic E-state index is 13.8. The van der Waals surface area contributed by atoms with E-state index in [-0.39, 0.29) is 12.1 Å². The molecule has 23 heavy (non-hydrogen) atoms. The minimum Gasteiger partial charge on any atom is -0.383 e. The molecular formula is C16H19FN2O3S. The van der Waals surface area contributed by atoms with Crippen LogP contribution >= 0.6 is 0 Å². The summed E-state index contributed by atoms with van der Waals surface area (Å²) >= 11 is 0. The molecular weight excluding hydrogens is 319 g/mol. The molecule has 1 saturated heterocycles. The zero-order valence-corrected chi connectivity index (χ0v) is 13.7. The highest BCUT2D eigenvalue weighted by molar-refractivity contribution is 7.92. The van der Waals surface area contributed by atoms with Crippen molar-refractivity contribution in [3.63, 3.8) is 0 Å². The van der Waals surface area contributed by atoms with Gasteiger partial charge < -0.3 is 10.1 Å². The van der Waals surface area contributed by atoms with Crippen molar-refractivity contribution < 1.29 is 17.5 Å². The lowest BCUT2D eigenvalue weighted by molar-refractivity contribution is 0.0777. The fraction of sp³-hybridized carbons (Fsp3) is 0.438. The van der Waals surface area contributed by atoms with Gasteiger partial charge in [-0.1, -0.05) is 12.1 Å². The summed E-state index contributed by atoms with van der Waals surface area (Å²) in [6.07, 6.45) is 3.70. The highest BCUT2D eigenvalue weighted by Gasteiger charge is 2.42. The Morgan fingerprint density at radius 2 is 2.04 bits per heavy atom. The van der Waals surface area contributed by atoms with Crippen LogP contribution in [-0.2, 0) is 14.6 Å². The standard InChI is InChI=1S/C16H19FN2O3S/c1-23(20,21)16(6-9-22-10-7-16)11-19-14-5-8-18-15-12(14)3-2-4-13(15)17/h2-5,8H,6-7,9-11H2,1H3,(H,18,19). The third-order valence-corrected chi connectivity index (χ3v) is 6.64. The third-order valence-electron chi connectivity index (χ3n) is 4.51. The molecule has 0 aliphatic carbocycles. The number of anilines is 1. The first-order valence-electron chi connectivity index (χ1n) is 7.47. The topological polar surface area (TPSA) is 68.3 Å². The SMILES string of the molecule is CS(=O)(=O)C1(CNc2ccnc3c(F)cccc23)CCOCC1. The molecule has 1 aliphatic heterocycles. The van der Waals surface area contributed by atoms with Gasteiger partial charge in [0, 0.05) is 43.3 Å². The molecule has 124 valence electrons. The van der Waals surface area contributed by atoms with E-state index in [0.717, 1.165) is 0 Å². The Morgan fingerprint density at radius 1 is 1.30 bits per heavy atom. The summed E-state index contributed by atoms with van der Waals surface area (Å²) in [5.41, 5.74) is 0.960. The number of hydrogen-bond donors (Lipinski definition) is 1. The number of benzene rings is 1. The van der Waals surface area contributed by atoms with Gasteiger partial charge in [-0.25, -0.2) is 12.8 Å². The Bertz CT molecular complexity index is 817. The van der Waals surface area contributed by atoms with Crippen LogP contribution in [0.1, 0.15) is 12.8 Å². The van der Waals surface area contributed by atoms with Gasteiger partial charge in [0.2, 0.25) is 0 Å². The predicted molar refractivity (Wildman–Crippen MR) is 87.8 cm³/mol. The number of rotatable bonds is 4. The highest BCUT2D eigenvalue weighted by Crippen LogP contribution is 2.31. The first kappa shape index (κ1) is 16.1. The molecule has 5 nitrogen and oxygen atoms in total. The Morgan fingerprint density at radius 3 is 2.74 bits per heavy atom. The molecule has 7 heteroatoms. The van der Waals surface area contributed by atoms with Gasteiger partial charge in [0.1, 0.15) is 11.3 Å². The van der Waals surface area contributed by atoms with E-state index in [0.29, 0.717) is 37.1 Å². The molecule has 0 radical (unpaired) electrons. The summed E-state index contributed by atoms with van der Waals surface area (Å²) in [5, 5.41) is 3.83. The zero-order valence-electron chi connectivity index (χ0n) is 12.9. The van der Waals surface area contributed by atoms with E-state index < -0.39 is 20.4 Å². The first-order valence-corrected chi connectivity index (χ1v) is 9.37. The average Bonchev–Trinajstić information content (AvgIpc) is 2.53. The number of ether oxygens (including phenoxy) is 1. The van der Waals surface area contributed by atoms with E-state index in [1.165, 1.54) is 18.5 Å². The van der Waals surface area contributed by atoms with E-state index in [1.54, 1.807) is 18.2 Å². The highest BCUT2D eigenvalue weighted by atomic mass is 32.2. The number of aromatic nitrogens is 1. The molecule has 2 aromatic rings. The van der Waals surface area contributed by atoms with E-state index in [2.05, 4.69) is 10.3 Å². The largest absolute Gasteiger partial charge is 0.383 e. The second kappa shape index (κ2) is 6.05. The van der Waals surface area contributed by atoms with Gasteiger partial charge >= 0.3 is 0 Å². The van der Waals surface area contributed by atoms with E-state index in [4.69, 9.17) is 4.74 Å². The Labute approximate surface area is 134 Å². The number of pyridine rings is 1. The summed E-state index contributed by atoms with van der Waals surface area (Å²) in [5.74, 6) is -0.393. The van der Waals surface area contributed by atoms with Gasteiger partial charge in [0.15, 0.2) is 9.84 Å². The maximum atomic E-state index is 13.8. The van der Waals surface area contributed by atoms with Gasteiger partial charge in [-0.3, -0.25) is 4.98 Å². The van der Waals surface area contributed by atoms with Crippen molar-refractivity contribution in [2.45, 2.75) is 17.6 Å². The molecule has 1 aromatic carbocycles. The number of para-hydroxylation sites is 1. The minimum absolute atomic E-state index is 0.269. The maximum Gasteiger partial charge on any atom is 0.155 e. The van der Waals surface area contributed by atoms with Crippen molar-refractivity contribution in [3.05, 3.63) is 36.3 Å². The van der Waals surface area contributed by atoms with E-state index in [1.807, 2.05) is 0 Å². The molecule has 1 N–H and O–H groups in total. The molecule has 1 aromatic heterocycles. The van der Waals surface area contributed by atoms with Crippen LogP contribution in [0.4, 0.5) is 10.1 Å². The van der Waals surface area contributed by atoms with Gasteiger partial charge in [-0.15, -0.1) is 0 Å². The fourth-order valence-electron chi connectivity index (χ4n) is 2.97. The lowest BCUT2D eigenvalue weighted by atomic mass is 9.98. The van der Waals surface area contributed by atoms with Gasteiger partial charge in [0.05, 0.1) is 4.75 Å².